The van der Waals surface area contributed by atoms with Gasteiger partial charge in [-0.1, -0.05) is 51.1 Å². The highest BCUT2D eigenvalue weighted by molar-refractivity contribution is 6.08. The van der Waals surface area contributed by atoms with Gasteiger partial charge in [-0.25, -0.2) is 4.98 Å². The first-order chi connectivity index (χ1) is 14.1. The van der Waals surface area contributed by atoms with Crippen LogP contribution in [0.1, 0.15) is 53.1 Å². The summed E-state index contributed by atoms with van der Waals surface area (Å²) in [4.78, 5) is 45.1. The van der Waals surface area contributed by atoms with Gasteiger partial charge in [0.25, 0.3) is 5.91 Å². The third-order valence-electron chi connectivity index (χ3n) is 5.30. The lowest BCUT2D eigenvalue weighted by Gasteiger charge is -2.30. The molecule has 0 bridgehead atoms. The number of nitrogens with one attached hydrogen (secondary N) is 2. The van der Waals surface area contributed by atoms with Gasteiger partial charge < -0.3 is 15.2 Å². The van der Waals surface area contributed by atoms with Crippen molar-refractivity contribution >= 4 is 17.6 Å². The SMILES string of the molecule is CNC(=O)[C@@H](NC(=O)c1nc(C(=O)c2ccccc2)n2c1CN(C)CC2)C(C)(C)C. The number of aromatic nitrogens is 2. The molecule has 1 aliphatic heterocycles. The molecule has 1 atom stereocenters. The standard InChI is InChI=1S/C22H29N5O3/c1-22(2,3)18(21(30)23-4)25-20(29)16-15-13-26(5)11-12-27(15)19(24-16)17(28)14-9-7-6-8-10-14/h6-10,18H,11-13H2,1-5H3,(H,23,30)(H,25,29)/t18-/m1/s1. The number of carbonyl (C=O) groups is 3. The first-order valence-electron chi connectivity index (χ1n) is 10.0. The second-order valence-corrected chi connectivity index (χ2v) is 8.70. The number of benzene rings is 1. The van der Waals surface area contributed by atoms with Gasteiger partial charge in [0.1, 0.15) is 6.04 Å². The number of likely N-dealkylation sites (N-methyl/N-ethyl adjacent to an activating group) is 2. The molecule has 1 aromatic heterocycles. The van der Waals surface area contributed by atoms with Crippen molar-refractivity contribution in [2.75, 3.05) is 20.6 Å². The number of nitrogens with zero attached hydrogens (tertiary/aromatic N) is 3. The fourth-order valence-electron chi connectivity index (χ4n) is 3.59. The molecule has 2 heterocycles. The summed E-state index contributed by atoms with van der Waals surface area (Å²) in [6.45, 7) is 7.47. The molecule has 0 aliphatic carbocycles. The number of carbonyl (C=O) groups excluding carboxylic acids is 3. The summed E-state index contributed by atoms with van der Waals surface area (Å²) in [6, 6.07) is 8.18. The molecule has 2 aromatic rings. The predicted molar refractivity (Wildman–Crippen MR) is 113 cm³/mol. The monoisotopic (exact) mass is 411 g/mol. The van der Waals surface area contributed by atoms with Gasteiger partial charge in [0, 0.05) is 32.2 Å². The van der Waals surface area contributed by atoms with Crippen LogP contribution in [0.15, 0.2) is 30.3 Å². The maximum Gasteiger partial charge on any atom is 0.272 e. The molecule has 1 aliphatic rings. The zero-order valence-electron chi connectivity index (χ0n) is 18.2. The lowest BCUT2D eigenvalue weighted by atomic mass is 9.86. The van der Waals surface area contributed by atoms with Crippen molar-refractivity contribution in [1.29, 1.82) is 0 Å². The minimum atomic E-state index is -0.734. The highest BCUT2D eigenvalue weighted by Gasteiger charge is 2.35. The third kappa shape index (κ3) is 4.28. The van der Waals surface area contributed by atoms with E-state index in [2.05, 4.69) is 20.5 Å². The average molecular weight is 412 g/mol. The molecule has 0 unspecified atom stereocenters. The van der Waals surface area contributed by atoms with E-state index in [0.717, 1.165) is 6.54 Å². The van der Waals surface area contributed by atoms with Gasteiger partial charge in [0.15, 0.2) is 11.5 Å². The quantitative estimate of drug-likeness (QED) is 0.726. The highest BCUT2D eigenvalue weighted by atomic mass is 16.2. The number of fused-ring (bicyclic) bond motifs is 1. The Balaban J connectivity index is 2.00. The van der Waals surface area contributed by atoms with Crippen LogP contribution in [0.4, 0.5) is 0 Å². The first kappa shape index (κ1) is 21.7. The summed E-state index contributed by atoms with van der Waals surface area (Å²) in [6.07, 6.45) is 0. The molecule has 2 amide bonds. The zero-order chi connectivity index (χ0) is 22.1. The normalized spacial score (nSPS) is 15.2. The van der Waals surface area contributed by atoms with Crippen molar-refractivity contribution in [2.24, 2.45) is 5.41 Å². The van der Waals surface area contributed by atoms with E-state index in [1.165, 1.54) is 7.05 Å². The summed E-state index contributed by atoms with van der Waals surface area (Å²) in [5, 5.41) is 5.43. The Hall–Kier alpha value is -3.00. The summed E-state index contributed by atoms with van der Waals surface area (Å²) in [7, 11) is 3.50. The molecule has 8 nitrogen and oxygen atoms in total. The van der Waals surface area contributed by atoms with E-state index in [4.69, 9.17) is 0 Å². The molecule has 0 saturated carbocycles. The molecule has 30 heavy (non-hydrogen) atoms. The second kappa shape index (κ2) is 8.39. The van der Waals surface area contributed by atoms with Gasteiger partial charge in [-0.15, -0.1) is 0 Å². The number of rotatable bonds is 5. The Kier molecular flexibility index (Phi) is 6.07. The molecule has 2 N–H and O–H groups in total. The number of amides is 2. The van der Waals surface area contributed by atoms with Gasteiger partial charge in [-0.2, -0.15) is 0 Å². The molecule has 0 saturated heterocycles. The minimum absolute atomic E-state index is 0.194. The Morgan fingerprint density at radius 2 is 1.77 bits per heavy atom. The van der Waals surface area contributed by atoms with Crippen LogP contribution in [0.2, 0.25) is 0 Å². The van der Waals surface area contributed by atoms with Gasteiger partial charge >= 0.3 is 0 Å². The molecular formula is C22H29N5O3. The van der Waals surface area contributed by atoms with Crippen molar-refractivity contribution < 1.29 is 14.4 Å². The minimum Gasteiger partial charge on any atom is -0.357 e. The lowest BCUT2D eigenvalue weighted by molar-refractivity contribution is -0.124. The smallest absolute Gasteiger partial charge is 0.272 e. The van der Waals surface area contributed by atoms with E-state index in [1.54, 1.807) is 24.3 Å². The van der Waals surface area contributed by atoms with Gasteiger partial charge in [0.05, 0.1) is 5.69 Å². The van der Waals surface area contributed by atoms with Gasteiger partial charge in [-0.05, 0) is 12.5 Å². The summed E-state index contributed by atoms with van der Waals surface area (Å²) < 4.78 is 1.83. The van der Waals surface area contributed by atoms with E-state index in [9.17, 15) is 14.4 Å². The number of hydrogen-bond donors (Lipinski definition) is 2. The molecule has 0 radical (unpaired) electrons. The first-order valence-corrected chi connectivity index (χ1v) is 10.0. The molecule has 160 valence electrons. The maximum atomic E-state index is 13.2. The van der Waals surface area contributed by atoms with E-state index < -0.39 is 17.4 Å². The topological polar surface area (TPSA) is 96.3 Å². The Morgan fingerprint density at radius 1 is 1.10 bits per heavy atom. The van der Waals surface area contributed by atoms with Crippen LogP contribution in [0.3, 0.4) is 0 Å². The molecule has 1 aromatic carbocycles. The molecule has 3 rings (SSSR count). The van der Waals surface area contributed by atoms with Crippen molar-refractivity contribution in [3.05, 3.63) is 53.1 Å². The van der Waals surface area contributed by atoms with Crippen LogP contribution in [-0.2, 0) is 17.9 Å². The second-order valence-electron chi connectivity index (χ2n) is 8.70. The summed E-state index contributed by atoms with van der Waals surface area (Å²) in [5.41, 5.74) is 0.910. The van der Waals surface area contributed by atoms with E-state index >= 15 is 0 Å². The lowest BCUT2D eigenvalue weighted by Crippen LogP contribution is -2.53. The molecular weight excluding hydrogens is 382 g/mol. The highest BCUT2D eigenvalue weighted by Crippen LogP contribution is 2.23. The largest absolute Gasteiger partial charge is 0.357 e. The molecule has 0 spiro atoms. The molecule has 8 heteroatoms. The maximum absolute atomic E-state index is 13.2. The third-order valence-corrected chi connectivity index (χ3v) is 5.30. The Bertz CT molecular complexity index is 959. The summed E-state index contributed by atoms with van der Waals surface area (Å²) >= 11 is 0. The number of hydrogen-bond acceptors (Lipinski definition) is 5. The zero-order valence-corrected chi connectivity index (χ0v) is 18.2. The van der Waals surface area contributed by atoms with Gasteiger partial charge in [-0.3, -0.25) is 19.3 Å². The van der Waals surface area contributed by atoms with Crippen molar-refractivity contribution in [3.63, 3.8) is 0 Å². The average Bonchev–Trinajstić information content (AvgIpc) is 3.09. The van der Waals surface area contributed by atoms with E-state index in [1.807, 2.05) is 38.5 Å². The van der Waals surface area contributed by atoms with E-state index in [-0.39, 0.29) is 23.2 Å². The van der Waals surface area contributed by atoms with Crippen LogP contribution in [-0.4, -0.2) is 58.7 Å². The van der Waals surface area contributed by atoms with Crippen molar-refractivity contribution in [3.8, 4) is 0 Å². The van der Waals surface area contributed by atoms with Crippen LogP contribution < -0.4 is 10.6 Å². The fraction of sp³-hybridized carbons (Fsp3) is 0.455. The van der Waals surface area contributed by atoms with Crippen molar-refractivity contribution in [1.82, 2.24) is 25.1 Å². The van der Waals surface area contributed by atoms with Crippen LogP contribution in [0.25, 0.3) is 0 Å². The number of ketones is 1. The van der Waals surface area contributed by atoms with Crippen molar-refractivity contribution in [2.45, 2.75) is 39.9 Å². The number of imidazole rings is 1. The van der Waals surface area contributed by atoms with Crippen LogP contribution in [0, 0.1) is 5.41 Å². The fourth-order valence-corrected chi connectivity index (χ4v) is 3.59. The van der Waals surface area contributed by atoms with Crippen LogP contribution >= 0.6 is 0 Å². The molecule has 0 fully saturated rings. The Labute approximate surface area is 176 Å². The van der Waals surface area contributed by atoms with Gasteiger partial charge in [0.2, 0.25) is 11.7 Å². The Morgan fingerprint density at radius 3 is 2.37 bits per heavy atom. The summed E-state index contributed by atoms with van der Waals surface area (Å²) in [5.74, 6) is -0.702. The van der Waals surface area contributed by atoms with E-state index in [0.29, 0.717) is 24.3 Å². The van der Waals surface area contributed by atoms with Crippen LogP contribution in [0.5, 0.6) is 0 Å². The predicted octanol–water partition coefficient (Wildman–Crippen LogP) is 1.45.